The minimum atomic E-state index is -0.366. The highest BCUT2D eigenvalue weighted by Gasteiger charge is 2.17. The maximum Gasteiger partial charge on any atom is 0.290 e. The molecule has 2 N–H and O–H groups in total. The molecule has 0 spiro atoms. The summed E-state index contributed by atoms with van der Waals surface area (Å²) in [6, 6.07) is 10.7. The molecule has 28 heavy (non-hydrogen) atoms. The Bertz CT molecular complexity index is 1240. The summed E-state index contributed by atoms with van der Waals surface area (Å²) in [5, 5.41) is 15.6. The van der Waals surface area contributed by atoms with Crippen LogP contribution in [0.1, 0.15) is 5.82 Å². The van der Waals surface area contributed by atoms with Gasteiger partial charge in [0.25, 0.3) is 5.56 Å². The second kappa shape index (κ2) is 6.50. The highest BCUT2D eigenvalue weighted by Crippen LogP contribution is 2.34. The van der Waals surface area contributed by atoms with Gasteiger partial charge in [-0.15, -0.1) is 11.3 Å². The molecule has 9 nitrogen and oxygen atoms in total. The Morgan fingerprint density at radius 3 is 3.00 bits per heavy atom. The van der Waals surface area contributed by atoms with Gasteiger partial charge in [0.2, 0.25) is 12.7 Å². The SMILES string of the molecule is O=C(Cc1n[nH]c(=O)c2cc(-c3cccs3)nn12)Nc1ccc2c(c1)OCO2. The number of thiophene rings is 1. The first-order valence-corrected chi connectivity index (χ1v) is 9.26. The first-order valence-electron chi connectivity index (χ1n) is 8.38. The van der Waals surface area contributed by atoms with Crippen molar-refractivity contribution >= 4 is 28.4 Å². The number of ether oxygens (including phenoxy) is 2. The molecule has 1 amide bonds. The first-order chi connectivity index (χ1) is 13.7. The van der Waals surface area contributed by atoms with Crippen molar-refractivity contribution in [3.63, 3.8) is 0 Å². The minimum absolute atomic E-state index is 0.0622. The van der Waals surface area contributed by atoms with E-state index in [0.717, 1.165) is 4.88 Å². The van der Waals surface area contributed by atoms with E-state index >= 15 is 0 Å². The zero-order chi connectivity index (χ0) is 19.1. The molecule has 0 saturated heterocycles. The molecular formula is C18H13N5O4S. The van der Waals surface area contributed by atoms with Gasteiger partial charge in [0.1, 0.15) is 11.2 Å². The molecule has 5 rings (SSSR count). The first kappa shape index (κ1) is 16.5. The molecule has 1 aliphatic rings. The Hall–Kier alpha value is -3.66. The lowest BCUT2D eigenvalue weighted by Gasteiger charge is -2.06. The van der Waals surface area contributed by atoms with Crippen LogP contribution in [0.25, 0.3) is 16.1 Å². The van der Waals surface area contributed by atoms with Gasteiger partial charge in [-0.25, -0.2) is 9.61 Å². The van der Waals surface area contributed by atoms with Crippen molar-refractivity contribution in [3.05, 3.63) is 58.0 Å². The van der Waals surface area contributed by atoms with Crippen LogP contribution in [-0.4, -0.2) is 32.5 Å². The van der Waals surface area contributed by atoms with E-state index < -0.39 is 0 Å². The number of fused-ring (bicyclic) bond motifs is 2. The van der Waals surface area contributed by atoms with Crippen molar-refractivity contribution in [3.8, 4) is 22.1 Å². The third kappa shape index (κ3) is 2.89. The smallest absolute Gasteiger partial charge is 0.290 e. The number of nitrogens with zero attached hydrogens (tertiary/aromatic N) is 3. The zero-order valence-corrected chi connectivity index (χ0v) is 15.2. The van der Waals surface area contributed by atoms with E-state index in [0.29, 0.717) is 34.2 Å². The summed E-state index contributed by atoms with van der Waals surface area (Å²) in [5.41, 5.74) is 1.21. The second-order valence-corrected chi connectivity index (χ2v) is 7.01. The Morgan fingerprint density at radius 1 is 1.25 bits per heavy atom. The largest absolute Gasteiger partial charge is 0.454 e. The van der Waals surface area contributed by atoms with Crippen molar-refractivity contribution in [2.45, 2.75) is 6.42 Å². The van der Waals surface area contributed by atoms with Crippen LogP contribution in [0.4, 0.5) is 5.69 Å². The third-order valence-electron chi connectivity index (χ3n) is 4.22. The molecule has 3 aromatic heterocycles. The summed E-state index contributed by atoms with van der Waals surface area (Å²) in [4.78, 5) is 25.5. The van der Waals surface area contributed by atoms with Gasteiger partial charge in [-0.1, -0.05) is 6.07 Å². The second-order valence-electron chi connectivity index (χ2n) is 6.07. The van der Waals surface area contributed by atoms with E-state index in [1.165, 1.54) is 15.9 Å². The van der Waals surface area contributed by atoms with Gasteiger partial charge in [-0.2, -0.15) is 10.2 Å². The fraction of sp³-hybridized carbons (Fsp3) is 0.111. The number of H-pyrrole nitrogens is 1. The average Bonchev–Trinajstić information content (AvgIpc) is 3.43. The maximum atomic E-state index is 12.5. The molecule has 0 fully saturated rings. The zero-order valence-electron chi connectivity index (χ0n) is 14.3. The number of rotatable bonds is 4. The number of aromatic amines is 1. The van der Waals surface area contributed by atoms with Crippen LogP contribution in [0.3, 0.4) is 0 Å². The normalized spacial score (nSPS) is 12.4. The highest BCUT2D eigenvalue weighted by molar-refractivity contribution is 7.13. The van der Waals surface area contributed by atoms with E-state index in [-0.39, 0.29) is 24.7 Å². The number of aromatic nitrogens is 4. The summed E-state index contributed by atoms with van der Waals surface area (Å²) in [5.74, 6) is 1.25. The topological polar surface area (TPSA) is 111 Å². The van der Waals surface area contributed by atoms with Gasteiger partial charge in [0, 0.05) is 11.8 Å². The summed E-state index contributed by atoms with van der Waals surface area (Å²) >= 11 is 1.52. The maximum absolute atomic E-state index is 12.5. The highest BCUT2D eigenvalue weighted by atomic mass is 32.1. The third-order valence-corrected chi connectivity index (χ3v) is 5.11. The van der Waals surface area contributed by atoms with Gasteiger partial charge in [0.15, 0.2) is 17.3 Å². The number of carbonyl (C=O) groups excluding carboxylic acids is 1. The Labute approximate surface area is 161 Å². The number of carbonyl (C=O) groups is 1. The van der Waals surface area contributed by atoms with Crippen molar-refractivity contribution in [1.29, 1.82) is 0 Å². The molecule has 0 bridgehead atoms. The van der Waals surface area contributed by atoms with Crippen LogP contribution < -0.4 is 20.3 Å². The summed E-state index contributed by atoms with van der Waals surface area (Å²) in [6.07, 6.45) is -0.0622. The van der Waals surface area contributed by atoms with Crippen molar-refractivity contribution in [1.82, 2.24) is 19.8 Å². The van der Waals surface area contributed by atoms with Crippen molar-refractivity contribution in [2.24, 2.45) is 0 Å². The molecule has 4 aromatic rings. The molecular weight excluding hydrogens is 382 g/mol. The predicted molar refractivity (Wildman–Crippen MR) is 102 cm³/mol. The lowest BCUT2D eigenvalue weighted by molar-refractivity contribution is -0.115. The summed E-state index contributed by atoms with van der Waals surface area (Å²) < 4.78 is 12.0. The number of benzene rings is 1. The van der Waals surface area contributed by atoms with Crippen LogP contribution >= 0.6 is 11.3 Å². The summed E-state index contributed by atoms with van der Waals surface area (Å²) in [6.45, 7) is 0.165. The van der Waals surface area contributed by atoms with Crippen LogP contribution in [0.5, 0.6) is 11.5 Å². The molecule has 0 unspecified atom stereocenters. The van der Waals surface area contributed by atoms with Gasteiger partial charge in [-0.05, 0) is 29.6 Å². The fourth-order valence-corrected chi connectivity index (χ4v) is 3.62. The van der Waals surface area contributed by atoms with E-state index in [9.17, 15) is 9.59 Å². The fourth-order valence-electron chi connectivity index (χ4n) is 2.94. The van der Waals surface area contributed by atoms with Gasteiger partial charge in [-0.3, -0.25) is 9.59 Å². The van der Waals surface area contributed by atoms with Crippen LogP contribution in [0.2, 0.25) is 0 Å². The number of hydrogen-bond acceptors (Lipinski definition) is 7. The molecule has 0 saturated carbocycles. The van der Waals surface area contributed by atoms with E-state index in [1.807, 2.05) is 17.5 Å². The molecule has 0 atom stereocenters. The minimum Gasteiger partial charge on any atom is -0.454 e. The molecule has 1 aliphatic heterocycles. The van der Waals surface area contributed by atoms with Crippen LogP contribution in [0.15, 0.2) is 46.6 Å². The molecule has 1 aromatic carbocycles. The molecule has 0 aliphatic carbocycles. The average molecular weight is 395 g/mol. The van der Waals surface area contributed by atoms with E-state index in [2.05, 4.69) is 20.6 Å². The standard InChI is InChI=1S/C18H13N5O4S/c24-17(19-10-3-4-13-14(6-10)27-9-26-13)8-16-20-21-18(25)12-7-11(22-23(12)16)15-2-1-5-28-15/h1-7H,8-9H2,(H,19,24)(H,21,25). The Morgan fingerprint density at radius 2 is 2.14 bits per heavy atom. The summed E-state index contributed by atoms with van der Waals surface area (Å²) in [7, 11) is 0. The van der Waals surface area contributed by atoms with Crippen molar-refractivity contribution in [2.75, 3.05) is 12.1 Å². The number of hydrogen-bond donors (Lipinski definition) is 2. The molecule has 4 heterocycles. The molecule has 10 heteroatoms. The van der Waals surface area contributed by atoms with Crippen LogP contribution in [-0.2, 0) is 11.2 Å². The van der Waals surface area contributed by atoms with E-state index in [4.69, 9.17) is 9.47 Å². The molecule has 0 radical (unpaired) electrons. The van der Waals surface area contributed by atoms with E-state index in [1.54, 1.807) is 24.3 Å². The predicted octanol–water partition coefficient (Wildman–Crippen LogP) is 2.06. The lowest BCUT2D eigenvalue weighted by Crippen LogP contribution is -2.22. The number of amides is 1. The lowest BCUT2D eigenvalue weighted by atomic mass is 10.2. The molecule has 140 valence electrons. The van der Waals surface area contributed by atoms with Gasteiger partial charge in [0.05, 0.1) is 11.3 Å². The van der Waals surface area contributed by atoms with Gasteiger partial charge >= 0.3 is 0 Å². The number of anilines is 1. The monoisotopic (exact) mass is 395 g/mol. The Kier molecular flexibility index (Phi) is 3.83. The number of nitrogens with one attached hydrogen (secondary N) is 2. The quantitative estimate of drug-likeness (QED) is 0.547. The Balaban J connectivity index is 1.42. The van der Waals surface area contributed by atoms with Crippen LogP contribution in [0, 0.1) is 0 Å². The van der Waals surface area contributed by atoms with Gasteiger partial charge < -0.3 is 14.8 Å². The van der Waals surface area contributed by atoms with Crippen molar-refractivity contribution < 1.29 is 14.3 Å².